The van der Waals surface area contributed by atoms with Crippen molar-refractivity contribution in [2.45, 2.75) is 39.3 Å². The maximum atomic E-state index is 13.7. The first-order valence-corrected chi connectivity index (χ1v) is 12.7. The predicted octanol–water partition coefficient (Wildman–Crippen LogP) is 3.30. The van der Waals surface area contributed by atoms with Crippen LogP contribution in [0.1, 0.15) is 0 Å². The lowest BCUT2D eigenvalue weighted by Gasteiger charge is -2.41. The van der Waals surface area contributed by atoms with Gasteiger partial charge in [0, 0.05) is 0 Å². The second-order valence-corrected chi connectivity index (χ2v) is 15.7. The summed E-state index contributed by atoms with van der Waals surface area (Å²) < 4.78 is 42.1. The first-order chi connectivity index (χ1) is 5.37. The van der Waals surface area contributed by atoms with Crippen molar-refractivity contribution in [1.82, 2.24) is 3.90 Å². The van der Waals surface area contributed by atoms with E-state index in [9.17, 15) is 12.3 Å². The molecule has 0 N–H and O–H groups in total. The average molecular weight is 245 g/mol. The molecule has 0 rings (SSSR count). The molecular weight excluding hydrogens is 227 g/mol. The van der Waals surface area contributed by atoms with Gasteiger partial charge in [-0.25, -0.2) is 0 Å². The van der Waals surface area contributed by atoms with Gasteiger partial charge in [0.05, 0.1) is 0 Å². The fourth-order valence-corrected chi connectivity index (χ4v) is 17.1. The molecule has 0 aliphatic heterocycles. The van der Waals surface area contributed by atoms with Gasteiger partial charge in [-0.3, -0.25) is 16.2 Å². The normalized spacial score (nSPS) is 15.2. The van der Waals surface area contributed by atoms with Gasteiger partial charge in [0.2, 0.25) is 0 Å². The van der Waals surface area contributed by atoms with Crippen LogP contribution >= 0.6 is 0 Å². The fraction of sp³-hybridized carbons (Fsp3) is 1.00. The van der Waals surface area contributed by atoms with Crippen LogP contribution in [-0.2, 0) is 0 Å². The molecule has 0 spiro atoms. The molecule has 0 aromatic rings. The highest BCUT2D eigenvalue weighted by Gasteiger charge is 2.52. The van der Waals surface area contributed by atoms with E-state index >= 15 is 0 Å². The number of halogens is 3. The van der Waals surface area contributed by atoms with Crippen molar-refractivity contribution in [3.63, 3.8) is 0 Å². The van der Waals surface area contributed by atoms with Crippen molar-refractivity contribution in [2.75, 3.05) is 0 Å². The van der Waals surface area contributed by atoms with E-state index < -0.39 is 25.7 Å². The molecule has 0 saturated heterocycles. The smallest absolute Gasteiger partial charge is 0.294 e. The Morgan fingerprint density at radius 1 is 0.615 bits per heavy atom. The van der Waals surface area contributed by atoms with Crippen LogP contribution in [0.3, 0.4) is 0 Å². The molecule has 0 atom stereocenters. The molecule has 0 fully saturated rings. The van der Waals surface area contributed by atoms with Gasteiger partial charge in [-0.2, -0.15) is 0 Å². The summed E-state index contributed by atoms with van der Waals surface area (Å²) in [5.41, 5.74) is 0. The Morgan fingerprint density at radius 3 is 0.769 bits per heavy atom. The molecule has 0 bridgehead atoms. The van der Waals surface area contributed by atoms with Gasteiger partial charge in [0.15, 0.2) is 0 Å². The third kappa shape index (κ3) is 3.96. The average Bonchev–Trinajstić information content (AvgIpc) is 1.44. The molecule has 0 radical (unpaired) electrons. The van der Waals surface area contributed by atoms with Crippen molar-refractivity contribution in [3.05, 3.63) is 0 Å². The largest absolute Gasteiger partial charge is 0.307 e. The van der Waals surface area contributed by atoms with Gasteiger partial charge in [-0.15, -0.1) is 0 Å². The second-order valence-electron chi connectivity index (χ2n) is 4.56. The van der Waals surface area contributed by atoms with E-state index in [-0.39, 0.29) is 0 Å². The highest BCUT2D eigenvalue weighted by atomic mass is 28.5. The molecule has 13 heavy (non-hydrogen) atoms. The van der Waals surface area contributed by atoms with E-state index in [1.54, 1.807) is 0 Å². The maximum Gasteiger partial charge on any atom is 0.307 e. The summed E-state index contributed by atoms with van der Waals surface area (Å²) in [4.78, 5) is 0. The number of hydrogen-bond acceptors (Lipinski definition) is 1. The molecule has 0 amide bonds. The van der Waals surface area contributed by atoms with Crippen molar-refractivity contribution in [3.8, 4) is 0 Å². The van der Waals surface area contributed by atoms with Gasteiger partial charge in [-0.05, 0) is 39.3 Å². The van der Waals surface area contributed by atoms with Crippen molar-refractivity contribution in [1.29, 1.82) is 0 Å². The third-order valence-electron chi connectivity index (χ3n) is 1.60. The molecule has 7 heteroatoms. The summed E-state index contributed by atoms with van der Waals surface area (Å²) in [5, 5.41) is 0. The lowest BCUT2D eigenvalue weighted by molar-refractivity contribution is 0.576. The van der Waals surface area contributed by atoms with Crippen LogP contribution in [0.25, 0.3) is 0 Å². The van der Waals surface area contributed by atoms with Crippen LogP contribution in [0.5, 0.6) is 0 Å². The Kier molecular flexibility index (Phi) is 3.63. The number of nitrogens with zero attached hydrogens (tertiary/aromatic N) is 1. The van der Waals surface area contributed by atoms with E-state index in [2.05, 4.69) is 0 Å². The standard InChI is InChI=1S/C6H18F3NSi3/c1-11(2,7)10(12(3,4)8)13(5,6)9/h1-6H3. The Balaban J connectivity index is 5.02. The molecule has 80 valence electrons. The highest BCUT2D eigenvalue weighted by Crippen LogP contribution is 2.29. The van der Waals surface area contributed by atoms with E-state index in [4.69, 9.17) is 0 Å². The zero-order valence-corrected chi connectivity index (χ0v) is 12.1. The summed E-state index contributed by atoms with van der Waals surface area (Å²) in [5.74, 6) is 0. The van der Waals surface area contributed by atoms with Crippen LogP contribution in [-0.4, -0.2) is 29.6 Å². The Hall–Kier alpha value is 0.401. The van der Waals surface area contributed by atoms with E-state index in [1.165, 1.54) is 39.3 Å². The first kappa shape index (κ1) is 13.4. The van der Waals surface area contributed by atoms with E-state index in [0.717, 1.165) is 3.90 Å². The van der Waals surface area contributed by atoms with Crippen LogP contribution < -0.4 is 0 Å². The number of hydrogen-bond donors (Lipinski definition) is 0. The Bertz CT molecular complexity index is 146. The second kappa shape index (κ2) is 3.52. The first-order valence-electron chi connectivity index (χ1n) is 4.24. The van der Waals surface area contributed by atoms with Crippen molar-refractivity contribution < 1.29 is 12.3 Å². The van der Waals surface area contributed by atoms with Crippen LogP contribution in [0.15, 0.2) is 0 Å². The van der Waals surface area contributed by atoms with Crippen molar-refractivity contribution in [2.24, 2.45) is 0 Å². The summed E-state index contributed by atoms with van der Waals surface area (Å²) in [6.07, 6.45) is 0. The summed E-state index contributed by atoms with van der Waals surface area (Å²) in [6.45, 7) is 8.06. The topological polar surface area (TPSA) is 3.24 Å². The van der Waals surface area contributed by atoms with Crippen molar-refractivity contribution >= 4 is 25.7 Å². The minimum atomic E-state index is -3.35. The van der Waals surface area contributed by atoms with E-state index in [0.29, 0.717) is 0 Å². The molecule has 0 aliphatic rings. The molecule has 1 nitrogen and oxygen atoms in total. The highest BCUT2D eigenvalue weighted by molar-refractivity contribution is 6.98. The zero-order chi connectivity index (χ0) is 11.1. The zero-order valence-electron chi connectivity index (χ0n) is 9.08. The summed E-state index contributed by atoms with van der Waals surface area (Å²) in [7, 11) is -10.1. The molecule has 0 heterocycles. The van der Waals surface area contributed by atoms with Crippen LogP contribution in [0, 0.1) is 0 Å². The fourth-order valence-electron chi connectivity index (χ4n) is 1.90. The lowest BCUT2D eigenvalue weighted by atomic mass is 11.9. The van der Waals surface area contributed by atoms with Crippen LogP contribution in [0.2, 0.25) is 39.3 Å². The Morgan fingerprint density at radius 2 is 0.769 bits per heavy atom. The van der Waals surface area contributed by atoms with Crippen LogP contribution in [0.4, 0.5) is 12.3 Å². The van der Waals surface area contributed by atoms with E-state index in [1.807, 2.05) is 0 Å². The molecule has 0 aromatic heterocycles. The Labute approximate surface area is 81.7 Å². The molecule has 0 aromatic carbocycles. The number of rotatable bonds is 3. The third-order valence-corrected chi connectivity index (χ3v) is 14.4. The van der Waals surface area contributed by atoms with Gasteiger partial charge < -0.3 is 0 Å². The summed E-state index contributed by atoms with van der Waals surface area (Å²) >= 11 is 0. The maximum absolute atomic E-state index is 13.7. The van der Waals surface area contributed by atoms with Gasteiger partial charge >= 0.3 is 25.7 Å². The van der Waals surface area contributed by atoms with Gasteiger partial charge in [0.1, 0.15) is 0 Å². The minimum absolute atomic E-state index is 0.979. The predicted molar refractivity (Wildman–Crippen MR) is 57.6 cm³/mol. The lowest BCUT2D eigenvalue weighted by Crippen LogP contribution is -2.67. The molecule has 0 unspecified atom stereocenters. The molecular formula is C6H18F3NSi3. The summed E-state index contributed by atoms with van der Waals surface area (Å²) in [6, 6.07) is 0. The molecule has 0 aliphatic carbocycles. The molecule has 0 saturated carbocycles. The quantitative estimate of drug-likeness (QED) is 0.545. The van der Waals surface area contributed by atoms with Gasteiger partial charge in [0.25, 0.3) is 0 Å². The SMILES string of the molecule is C[Si](C)(F)N([Si](C)(C)F)[Si](C)(C)F. The minimum Gasteiger partial charge on any atom is -0.294 e. The monoisotopic (exact) mass is 245 g/mol. The van der Waals surface area contributed by atoms with Gasteiger partial charge in [-0.1, -0.05) is 0 Å².